The lowest BCUT2D eigenvalue weighted by atomic mass is 9.95. The van der Waals surface area contributed by atoms with Crippen molar-refractivity contribution in [3.05, 3.63) is 65.7 Å². The molecule has 1 aliphatic rings. The number of hydrogen-bond acceptors (Lipinski definition) is 6. The fourth-order valence-corrected chi connectivity index (χ4v) is 4.13. The number of rotatable bonds is 10. The Morgan fingerprint density at radius 2 is 1.64 bits per heavy atom. The smallest absolute Gasteiger partial charge is 0.332 e. The molecule has 0 unspecified atom stereocenters. The van der Waals surface area contributed by atoms with Crippen LogP contribution in [0.3, 0.4) is 0 Å². The summed E-state index contributed by atoms with van der Waals surface area (Å²) in [6.07, 6.45) is 1.41. The molecule has 8 heteroatoms. The number of esters is 2. The average Bonchev–Trinajstić information content (AvgIpc) is 3.23. The predicted molar refractivity (Wildman–Crippen MR) is 133 cm³/mol. The summed E-state index contributed by atoms with van der Waals surface area (Å²) in [4.78, 5) is 51.3. The highest BCUT2D eigenvalue weighted by Gasteiger charge is 2.39. The van der Waals surface area contributed by atoms with Crippen molar-refractivity contribution >= 4 is 29.5 Å². The van der Waals surface area contributed by atoms with Gasteiger partial charge in [0, 0.05) is 18.5 Å². The van der Waals surface area contributed by atoms with Crippen LogP contribution < -0.4 is 4.90 Å². The molecule has 0 radical (unpaired) electrons. The zero-order valence-corrected chi connectivity index (χ0v) is 20.9. The molecule has 0 aromatic heterocycles. The SMILES string of the molecule is CC(C)(C)C(=O)OCOC(=O)[C@@H]1Cc2ccccc2N1C(=O)CC[C@@H](CCc1ccccc1)C(=O)O. The van der Waals surface area contributed by atoms with Gasteiger partial charge >= 0.3 is 17.9 Å². The van der Waals surface area contributed by atoms with E-state index in [1.807, 2.05) is 42.5 Å². The molecule has 0 saturated heterocycles. The van der Waals surface area contributed by atoms with Crippen LogP contribution >= 0.6 is 0 Å². The maximum Gasteiger partial charge on any atom is 0.332 e. The van der Waals surface area contributed by atoms with Gasteiger partial charge in [0.2, 0.25) is 12.7 Å². The number of carboxylic acid groups (broad SMARTS) is 1. The summed E-state index contributed by atoms with van der Waals surface area (Å²) in [5.74, 6) is -3.17. The van der Waals surface area contributed by atoms with Crippen LogP contribution in [0.25, 0.3) is 0 Å². The van der Waals surface area contributed by atoms with Crippen LogP contribution in [0.4, 0.5) is 5.69 Å². The van der Waals surface area contributed by atoms with Crippen molar-refractivity contribution in [3.8, 4) is 0 Å². The Morgan fingerprint density at radius 1 is 0.972 bits per heavy atom. The first kappa shape index (κ1) is 26.9. The van der Waals surface area contributed by atoms with Gasteiger partial charge in [-0.2, -0.15) is 0 Å². The van der Waals surface area contributed by atoms with Crippen molar-refractivity contribution in [1.29, 1.82) is 0 Å². The molecular formula is C28H33NO7. The number of aliphatic carboxylic acids is 1. The van der Waals surface area contributed by atoms with E-state index in [-0.39, 0.29) is 25.2 Å². The van der Waals surface area contributed by atoms with Crippen molar-refractivity contribution < 1.29 is 33.8 Å². The summed E-state index contributed by atoms with van der Waals surface area (Å²) >= 11 is 0. The Bertz CT molecular complexity index is 1090. The van der Waals surface area contributed by atoms with Crippen molar-refractivity contribution in [1.82, 2.24) is 0 Å². The predicted octanol–water partition coefficient (Wildman–Crippen LogP) is 4.15. The van der Waals surface area contributed by atoms with Gasteiger partial charge in [-0.3, -0.25) is 19.3 Å². The molecule has 2 aromatic carbocycles. The molecular weight excluding hydrogens is 462 g/mol. The average molecular weight is 496 g/mol. The van der Waals surface area contributed by atoms with Gasteiger partial charge < -0.3 is 14.6 Å². The molecule has 0 spiro atoms. The minimum atomic E-state index is -0.947. The first-order chi connectivity index (χ1) is 17.1. The second-order valence-corrected chi connectivity index (χ2v) is 9.97. The van der Waals surface area contributed by atoms with Crippen molar-refractivity contribution in [2.45, 2.75) is 58.9 Å². The lowest BCUT2D eigenvalue weighted by Gasteiger charge is -2.25. The third-order valence-electron chi connectivity index (χ3n) is 6.20. The van der Waals surface area contributed by atoms with Crippen LogP contribution in [0.2, 0.25) is 0 Å². The van der Waals surface area contributed by atoms with E-state index in [4.69, 9.17) is 9.47 Å². The van der Waals surface area contributed by atoms with Crippen molar-refractivity contribution in [2.24, 2.45) is 11.3 Å². The summed E-state index contributed by atoms with van der Waals surface area (Å²) in [6.45, 7) is 4.53. The molecule has 1 aliphatic heterocycles. The van der Waals surface area contributed by atoms with Crippen LogP contribution in [-0.2, 0) is 41.5 Å². The molecule has 1 heterocycles. The molecule has 1 amide bonds. The second-order valence-electron chi connectivity index (χ2n) is 9.97. The third kappa shape index (κ3) is 6.93. The number of para-hydroxylation sites is 1. The van der Waals surface area contributed by atoms with Gasteiger partial charge in [-0.15, -0.1) is 0 Å². The lowest BCUT2D eigenvalue weighted by Crippen LogP contribution is -2.44. The summed E-state index contributed by atoms with van der Waals surface area (Å²) in [6, 6.07) is 15.9. The monoisotopic (exact) mass is 495 g/mol. The van der Waals surface area contributed by atoms with E-state index in [9.17, 15) is 24.3 Å². The Morgan fingerprint density at radius 3 is 2.31 bits per heavy atom. The van der Waals surface area contributed by atoms with Crippen molar-refractivity contribution in [2.75, 3.05) is 11.7 Å². The number of hydrogen-bond donors (Lipinski definition) is 1. The number of carbonyl (C=O) groups excluding carboxylic acids is 3. The van der Waals surface area contributed by atoms with Gasteiger partial charge in [-0.05, 0) is 57.2 Å². The number of carboxylic acids is 1. The minimum Gasteiger partial charge on any atom is -0.481 e. The second kappa shape index (κ2) is 11.8. The number of benzene rings is 2. The molecule has 0 fully saturated rings. The quantitative estimate of drug-likeness (QED) is 0.389. The van der Waals surface area contributed by atoms with Gasteiger partial charge in [0.15, 0.2) is 0 Å². The van der Waals surface area contributed by atoms with Crippen LogP contribution in [0, 0.1) is 11.3 Å². The lowest BCUT2D eigenvalue weighted by molar-refractivity contribution is -0.174. The largest absolute Gasteiger partial charge is 0.481 e. The molecule has 0 saturated carbocycles. The van der Waals surface area contributed by atoms with E-state index in [0.29, 0.717) is 18.5 Å². The topological polar surface area (TPSA) is 110 Å². The molecule has 1 N–H and O–H groups in total. The van der Waals surface area contributed by atoms with E-state index in [1.54, 1.807) is 32.9 Å². The first-order valence-electron chi connectivity index (χ1n) is 12.1. The standard InChI is InChI=1S/C28H33NO7/c1-28(2,3)27(34)36-18-35-26(33)23-17-21-11-7-8-12-22(21)29(23)24(30)16-15-20(25(31)32)14-13-19-9-5-4-6-10-19/h4-12,20,23H,13-18H2,1-3H3,(H,31,32)/t20-,23+/m1/s1. The zero-order chi connectivity index (χ0) is 26.3. The Balaban J connectivity index is 1.64. The normalized spacial score (nSPS) is 15.6. The molecule has 36 heavy (non-hydrogen) atoms. The van der Waals surface area contributed by atoms with E-state index >= 15 is 0 Å². The van der Waals surface area contributed by atoms with Gasteiger partial charge in [-0.25, -0.2) is 4.79 Å². The van der Waals surface area contributed by atoms with E-state index in [1.165, 1.54) is 4.90 Å². The van der Waals surface area contributed by atoms with Crippen LogP contribution in [-0.4, -0.2) is 41.8 Å². The summed E-state index contributed by atoms with van der Waals surface area (Å²) in [7, 11) is 0. The highest BCUT2D eigenvalue weighted by molar-refractivity contribution is 6.02. The maximum atomic E-state index is 13.3. The molecule has 0 aliphatic carbocycles. The summed E-state index contributed by atoms with van der Waals surface area (Å²) in [5, 5.41) is 9.69. The molecule has 192 valence electrons. The zero-order valence-electron chi connectivity index (χ0n) is 20.9. The number of amides is 1. The fourth-order valence-electron chi connectivity index (χ4n) is 4.13. The molecule has 8 nitrogen and oxygen atoms in total. The number of carbonyl (C=O) groups is 4. The third-order valence-corrected chi connectivity index (χ3v) is 6.20. The van der Waals surface area contributed by atoms with Gasteiger partial charge in [-0.1, -0.05) is 48.5 Å². The molecule has 2 aromatic rings. The fraction of sp³-hybridized carbons (Fsp3) is 0.429. The first-order valence-corrected chi connectivity index (χ1v) is 12.1. The number of fused-ring (bicyclic) bond motifs is 1. The number of nitrogens with zero attached hydrogens (tertiary/aromatic N) is 1. The van der Waals surface area contributed by atoms with E-state index in [2.05, 4.69) is 0 Å². The molecule has 0 bridgehead atoms. The van der Waals surface area contributed by atoms with E-state index < -0.39 is 42.1 Å². The highest BCUT2D eigenvalue weighted by Crippen LogP contribution is 2.34. The Hall–Kier alpha value is -3.68. The highest BCUT2D eigenvalue weighted by atomic mass is 16.7. The van der Waals surface area contributed by atoms with Gasteiger partial charge in [0.1, 0.15) is 6.04 Å². The number of ether oxygens (including phenoxy) is 2. The Labute approximate surface area is 211 Å². The van der Waals surface area contributed by atoms with E-state index in [0.717, 1.165) is 11.1 Å². The summed E-state index contributed by atoms with van der Waals surface area (Å²) in [5.41, 5.74) is 1.73. The van der Waals surface area contributed by atoms with Crippen LogP contribution in [0.15, 0.2) is 54.6 Å². The van der Waals surface area contributed by atoms with Gasteiger partial charge in [0.05, 0.1) is 11.3 Å². The minimum absolute atomic E-state index is 0.0249. The van der Waals surface area contributed by atoms with Crippen LogP contribution in [0.5, 0.6) is 0 Å². The molecule has 2 atom stereocenters. The van der Waals surface area contributed by atoms with Crippen LogP contribution in [0.1, 0.15) is 51.2 Å². The maximum absolute atomic E-state index is 13.3. The van der Waals surface area contributed by atoms with Gasteiger partial charge in [0.25, 0.3) is 0 Å². The summed E-state index contributed by atoms with van der Waals surface area (Å²) < 4.78 is 10.2. The number of aryl methyl sites for hydroxylation is 1. The van der Waals surface area contributed by atoms with Crippen molar-refractivity contribution in [3.63, 3.8) is 0 Å². The Kier molecular flexibility index (Phi) is 8.85. The molecule has 3 rings (SSSR count). The number of anilines is 1.